The Hall–Kier alpha value is -2.37. The summed E-state index contributed by atoms with van der Waals surface area (Å²) in [5.74, 6) is -2.73. The molecule has 0 aromatic heterocycles. The molecule has 88 valence electrons. The number of phenols is 2. The monoisotopic (exact) mass is 235 g/mol. The van der Waals surface area contributed by atoms with Gasteiger partial charge in [-0.1, -0.05) is 0 Å². The van der Waals surface area contributed by atoms with E-state index in [1.807, 2.05) is 0 Å². The SMILES string of the molecule is O=C1CCC(=O)N1C(=O)c1ccc(O)c(O)c1. The van der Waals surface area contributed by atoms with Gasteiger partial charge in [0.25, 0.3) is 5.91 Å². The van der Waals surface area contributed by atoms with E-state index in [1.165, 1.54) is 6.07 Å². The number of nitrogens with zero attached hydrogens (tertiary/aromatic N) is 1. The summed E-state index contributed by atoms with van der Waals surface area (Å²) in [6.45, 7) is 0. The van der Waals surface area contributed by atoms with Crippen LogP contribution in [0.25, 0.3) is 0 Å². The summed E-state index contributed by atoms with van der Waals surface area (Å²) in [7, 11) is 0. The van der Waals surface area contributed by atoms with Crippen LogP contribution in [0.4, 0.5) is 0 Å². The molecule has 6 heteroatoms. The maximum absolute atomic E-state index is 11.8. The Morgan fingerprint density at radius 2 is 1.65 bits per heavy atom. The van der Waals surface area contributed by atoms with E-state index in [9.17, 15) is 19.5 Å². The molecule has 0 saturated carbocycles. The summed E-state index contributed by atoms with van der Waals surface area (Å²) in [4.78, 5) is 35.0. The molecular formula is C11H9NO5. The van der Waals surface area contributed by atoms with E-state index >= 15 is 0 Å². The topological polar surface area (TPSA) is 94.9 Å². The van der Waals surface area contributed by atoms with Crippen LogP contribution in [0.1, 0.15) is 23.2 Å². The second-order valence-electron chi connectivity index (χ2n) is 3.63. The van der Waals surface area contributed by atoms with Gasteiger partial charge in [-0.05, 0) is 18.2 Å². The normalized spacial score (nSPS) is 15.4. The Labute approximate surface area is 96.1 Å². The lowest BCUT2D eigenvalue weighted by Gasteiger charge is -2.11. The van der Waals surface area contributed by atoms with Crippen molar-refractivity contribution in [3.63, 3.8) is 0 Å². The molecule has 0 bridgehead atoms. The molecule has 1 aliphatic rings. The molecule has 0 atom stereocenters. The number of aromatic hydroxyl groups is 2. The smallest absolute Gasteiger partial charge is 0.267 e. The number of carbonyl (C=O) groups excluding carboxylic acids is 3. The zero-order chi connectivity index (χ0) is 12.6. The Kier molecular flexibility index (Phi) is 2.55. The van der Waals surface area contributed by atoms with Crippen molar-refractivity contribution in [1.82, 2.24) is 4.90 Å². The Morgan fingerprint density at radius 3 is 2.18 bits per heavy atom. The van der Waals surface area contributed by atoms with Gasteiger partial charge in [-0.25, -0.2) is 4.90 Å². The minimum absolute atomic E-state index is 0.0225. The van der Waals surface area contributed by atoms with E-state index in [0.29, 0.717) is 4.90 Å². The van der Waals surface area contributed by atoms with Gasteiger partial charge in [0.2, 0.25) is 11.8 Å². The quantitative estimate of drug-likeness (QED) is 0.542. The summed E-state index contributed by atoms with van der Waals surface area (Å²) in [5, 5.41) is 18.3. The Bertz CT molecular complexity index is 507. The molecule has 2 rings (SSSR count). The highest BCUT2D eigenvalue weighted by molar-refractivity contribution is 6.19. The molecule has 0 unspecified atom stereocenters. The predicted octanol–water partition coefficient (Wildman–Crippen LogP) is 0.387. The molecule has 6 nitrogen and oxygen atoms in total. The molecular weight excluding hydrogens is 226 g/mol. The number of amides is 3. The van der Waals surface area contributed by atoms with Gasteiger partial charge in [-0.3, -0.25) is 14.4 Å². The molecule has 1 aromatic carbocycles. The molecule has 0 spiro atoms. The Balaban J connectivity index is 2.34. The summed E-state index contributed by atoms with van der Waals surface area (Å²) in [6.07, 6.45) is 0.0449. The van der Waals surface area contributed by atoms with Gasteiger partial charge in [0.15, 0.2) is 11.5 Å². The number of phenolic OH excluding ortho intramolecular Hbond substituents is 2. The van der Waals surface area contributed by atoms with Gasteiger partial charge in [0, 0.05) is 18.4 Å². The molecule has 0 aliphatic carbocycles. The third kappa shape index (κ3) is 1.84. The fraction of sp³-hybridized carbons (Fsp3) is 0.182. The van der Waals surface area contributed by atoms with Crippen LogP contribution >= 0.6 is 0 Å². The standard InChI is InChI=1S/C11H9NO5/c13-7-2-1-6(5-8(7)14)11(17)12-9(15)3-4-10(12)16/h1-2,5,13-14H,3-4H2. The molecule has 3 amide bonds. The summed E-state index contributed by atoms with van der Waals surface area (Å²) >= 11 is 0. The molecule has 1 fully saturated rings. The van der Waals surface area contributed by atoms with Crippen molar-refractivity contribution < 1.29 is 24.6 Å². The maximum Gasteiger partial charge on any atom is 0.267 e. The van der Waals surface area contributed by atoms with Crippen molar-refractivity contribution in [1.29, 1.82) is 0 Å². The van der Waals surface area contributed by atoms with Crippen LogP contribution in [-0.2, 0) is 9.59 Å². The van der Waals surface area contributed by atoms with Gasteiger partial charge in [-0.15, -0.1) is 0 Å². The molecule has 17 heavy (non-hydrogen) atoms. The lowest BCUT2D eigenvalue weighted by Crippen LogP contribution is -2.35. The van der Waals surface area contributed by atoms with Crippen LogP contribution in [0.2, 0.25) is 0 Å². The highest BCUT2D eigenvalue weighted by Crippen LogP contribution is 2.26. The molecule has 0 radical (unpaired) electrons. The van der Waals surface area contributed by atoms with E-state index in [1.54, 1.807) is 0 Å². The largest absolute Gasteiger partial charge is 0.504 e. The van der Waals surface area contributed by atoms with E-state index in [-0.39, 0.29) is 24.2 Å². The molecule has 1 saturated heterocycles. The minimum Gasteiger partial charge on any atom is -0.504 e. The number of imide groups is 3. The summed E-state index contributed by atoms with van der Waals surface area (Å²) in [5.41, 5.74) is -0.0242. The van der Waals surface area contributed by atoms with Gasteiger partial charge in [-0.2, -0.15) is 0 Å². The van der Waals surface area contributed by atoms with Gasteiger partial charge in [0.1, 0.15) is 0 Å². The van der Waals surface area contributed by atoms with Crippen LogP contribution in [-0.4, -0.2) is 32.8 Å². The molecule has 1 heterocycles. The minimum atomic E-state index is -0.784. The number of rotatable bonds is 1. The molecule has 2 N–H and O–H groups in total. The van der Waals surface area contributed by atoms with Crippen molar-refractivity contribution in [2.75, 3.05) is 0 Å². The average Bonchev–Trinajstić information content (AvgIpc) is 2.62. The number of likely N-dealkylation sites (tertiary alicyclic amines) is 1. The predicted molar refractivity (Wildman–Crippen MR) is 55.2 cm³/mol. The van der Waals surface area contributed by atoms with Crippen molar-refractivity contribution in [3.05, 3.63) is 23.8 Å². The van der Waals surface area contributed by atoms with Gasteiger partial charge in [0.05, 0.1) is 0 Å². The van der Waals surface area contributed by atoms with Gasteiger partial charge < -0.3 is 10.2 Å². The van der Waals surface area contributed by atoms with Crippen LogP contribution in [0.15, 0.2) is 18.2 Å². The Morgan fingerprint density at radius 1 is 1.06 bits per heavy atom. The third-order valence-corrected chi connectivity index (χ3v) is 2.48. The van der Waals surface area contributed by atoms with Crippen LogP contribution in [0, 0.1) is 0 Å². The zero-order valence-electron chi connectivity index (χ0n) is 8.71. The first kappa shape index (κ1) is 11.1. The molecule has 1 aliphatic heterocycles. The fourth-order valence-corrected chi connectivity index (χ4v) is 1.59. The van der Waals surface area contributed by atoms with Crippen LogP contribution in [0.5, 0.6) is 11.5 Å². The van der Waals surface area contributed by atoms with E-state index in [0.717, 1.165) is 12.1 Å². The maximum atomic E-state index is 11.8. The van der Waals surface area contributed by atoms with Gasteiger partial charge >= 0.3 is 0 Å². The average molecular weight is 235 g/mol. The lowest BCUT2D eigenvalue weighted by molar-refractivity contribution is -0.134. The van der Waals surface area contributed by atoms with E-state index in [4.69, 9.17) is 5.11 Å². The van der Waals surface area contributed by atoms with Crippen LogP contribution < -0.4 is 0 Å². The highest BCUT2D eigenvalue weighted by atomic mass is 16.3. The zero-order valence-corrected chi connectivity index (χ0v) is 8.71. The van der Waals surface area contributed by atoms with Crippen molar-refractivity contribution in [2.45, 2.75) is 12.8 Å². The van der Waals surface area contributed by atoms with Crippen molar-refractivity contribution >= 4 is 17.7 Å². The number of carbonyl (C=O) groups is 3. The fourth-order valence-electron chi connectivity index (χ4n) is 1.59. The van der Waals surface area contributed by atoms with Crippen LogP contribution in [0.3, 0.4) is 0 Å². The first-order valence-corrected chi connectivity index (χ1v) is 4.93. The summed E-state index contributed by atoms with van der Waals surface area (Å²) in [6, 6.07) is 3.36. The second kappa shape index (κ2) is 3.89. The number of benzene rings is 1. The number of hydrogen-bond donors (Lipinski definition) is 2. The first-order chi connectivity index (χ1) is 8.00. The van der Waals surface area contributed by atoms with E-state index in [2.05, 4.69) is 0 Å². The third-order valence-electron chi connectivity index (χ3n) is 2.48. The second-order valence-corrected chi connectivity index (χ2v) is 3.63. The van der Waals surface area contributed by atoms with Crippen molar-refractivity contribution in [3.8, 4) is 11.5 Å². The first-order valence-electron chi connectivity index (χ1n) is 4.93. The van der Waals surface area contributed by atoms with Crippen molar-refractivity contribution in [2.24, 2.45) is 0 Å². The lowest BCUT2D eigenvalue weighted by atomic mass is 10.2. The molecule has 1 aromatic rings. The highest BCUT2D eigenvalue weighted by Gasteiger charge is 2.35. The van der Waals surface area contributed by atoms with E-state index < -0.39 is 23.5 Å². The number of hydrogen-bond acceptors (Lipinski definition) is 5. The summed E-state index contributed by atoms with van der Waals surface area (Å²) < 4.78 is 0.